The van der Waals surface area contributed by atoms with E-state index in [-0.39, 0.29) is 0 Å². The van der Waals surface area contributed by atoms with Crippen LogP contribution in [0.15, 0.2) is 18.2 Å². The second-order valence-electron chi connectivity index (χ2n) is 4.99. The summed E-state index contributed by atoms with van der Waals surface area (Å²) >= 11 is 0. The lowest BCUT2D eigenvalue weighted by Gasteiger charge is -2.18. The third kappa shape index (κ3) is 1.64. The van der Waals surface area contributed by atoms with Crippen LogP contribution in [0.25, 0.3) is 0 Å². The first kappa shape index (κ1) is 9.94. The van der Waals surface area contributed by atoms with Crippen LogP contribution in [-0.2, 0) is 0 Å². The van der Waals surface area contributed by atoms with Crippen LogP contribution in [0.5, 0.6) is 0 Å². The molecule has 0 bridgehead atoms. The van der Waals surface area contributed by atoms with Crippen molar-refractivity contribution >= 4 is 11.6 Å². The lowest BCUT2D eigenvalue weighted by Crippen LogP contribution is -2.21. The number of hydrogen-bond donors (Lipinski definition) is 1. The summed E-state index contributed by atoms with van der Waals surface area (Å²) in [5.74, 6) is 3.97. The van der Waals surface area contributed by atoms with Crippen LogP contribution in [0, 0.1) is 11.8 Å². The fourth-order valence-electron chi connectivity index (χ4n) is 3.16. The second kappa shape index (κ2) is 3.96. The molecule has 1 aliphatic carbocycles. The molecule has 1 saturated heterocycles. The summed E-state index contributed by atoms with van der Waals surface area (Å²) in [6.45, 7) is 2.43. The molecule has 0 amide bonds. The lowest BCUT2D eigenvalue weighted by molar-refractivity contribution is 0.494. The van der Waals surface area contributed by atoms with Gasteiger partial charge >= 0.3 is 0 Å². The molecule has 0 spiro atoms. The molecule has 1 N–H and O–H groups in total. The smallest absolute Gasteiger partial charge is 0.130 e. The lowest BCUT2D eigenvalue weighted by atomic mass is 10.0. The topological polar surface area (TPSA) is 28.2 Å². The van der Waals surface area contributed by atoms with Gasteiger partial charge in [-0.05, 0) is 36.8 Å². The highest BCUT2D eigenvalue weighted by Gasteiger charge is 2.36. The number of fused-ring (bicyclic) bond motifs is 1. The highest BCUT2D eigenvalue weighted by Crippen LogP contribution is 2.39. The third-order valence-electron chi connectivity index (χ3n) is 4.04. The minimum atomic E-state index is 0.931. The van der Waals surface area contributed by atoms with Gasteiger partial charge in [0.15, 0.2) is 0 Å². The summed E-state index contributed by atoms with van der Waals surface area (Å²) in [6, 6.07) is 6.23. The van der Waals surface area contributed by atoms with E-state index in [0.717, 1.165) is 23.5 Å². The zero-order valence-corrected chi connectivity index (χ0v) is 9.82. The predicted molar refractivity (Wildman–Crippen MR) is 66.8 cm³/mol. The van der Waals surface area contributed by atoms with E-state index >= 15 is 0 Å². The molecule has 2 aliphatic rings. The van der Waals surface area contributed by atoms with Crippen molar-refractivity contribution in [3.63, 3.8) is 0 Å². The summed E-state index contributed by atoms with van der Waals surface area (Å²) in [7, 11) is 1.92. The van der Waals surface area contributed by atoms with Crippen molar-refractivity contribution in [3.8, 4) is 0 Å². The molecule has 1 aromatic rings. The predicted octanol–water partition coefficient (Wildman–Crippen LogP) is 2.36. The number of aromatic nitrogens is 1. The molecule has 1 aliphatic heterocycles. The first-order valence-corrected chi connectivity index (χ1v) is 6.26. The van der Waals surface area contributed by atoms with E-state index in [9.17, 15) is 0 Å². The molecular weight excluding hydrogens is 198 g/mol. The molecule has 2 heterocycles. The Morgan fingerprint density at radius 2 is 2.00 bits per heavy atom. The molecule has 1 saturated carbocycles. The molecule has 2 unspecified atom stereocenters. The quantitative estimate of drug-likeness (QED) is 0.824. The Hall–Kier alpha value is -1.25. The van der Waals surface area contributed by atoms with Gasteiger partial charge in [0.25, 0.3) is 0 Å². The SMILES string of the molecule is CNc1cccc(N2CC3CCCC3C2)n1. The minimum Gasteiger partial charge on any atom is -0.373 e. The van der Waals surface area contributed by atoms with E-state index in [1.807, 2.05) is 13.1 Å². The van der Waals surface area contributed by atoms with Gasteiger partial charge in [0.05, 0.1) is 0 Å². The molecule has 0 radical (unpaired) electrons. The van der Waals surface area contributed by atoms with Crippen molar-refractivity contribution in [2.24, 2.45) is 11.8 Å². The van der Waals surface area contributed by atoms with Gasteiger partial charge in [-0.1, -0.05) is 12.5 Å². The Bertz CT molecular complexity index is 365. The first-order valence-electron chi connectivity index (χ1n) is 6.26. The Morgan fingerprint density at radius 3 is 2.69 bits per heavy atom. The summed E-state index contributed by atoms with van der Waals surface area (Å²) in [5, 5.41) is 3.10. The standard InChI is InChI=1S/C13H19N3/c1-14-12-6-3-7-13(15-12)16-8-10-4-2-5-11(10)9-16/h3,6-7,10-11H,2,4-5,8-9H2,1H3,(H,14,15). The van der Waals surface area contributed by atoms with Crippen LogP contribution in [0.3, 0.4) is 0 Å². The maximum Gasteiger partial charge on any atom is 0.130 e. The molecule has 3 heteroatoms. The fourth-order valence-corrected chi connectivity index (χ4v) is 3.16. The van der Waals surface area contributed by atoms with Crippen LogP contribution < -0.4 is 10.2 Å². The van der Waals surface area contributed by atoms with Crippen molar-refractivity contribution in [3.05, 3.63) is 18.2 Å². The van der Waals surface area contributed by atoms with Gasteiger partial charge < -0.3 is 10.2 Å². The molecule has 1 aromatic heterocycles. The average molecular weight is 217 g/mol. The molecule has 3 nitrogen and oxygen atoms in total. The third-order valence-corrected chi connectivity index (χ3v) is 4.04. The van der Waals surface area contributed by atoms with Crippen molar-refractivity contribution in [2.75, 3.05) is 30.4 Å². The largest absolute Gasteiger partial charge is 0.373 e. The van der Waals surface area contributed by atoms with Gasteiger partial charge in [0.1, 0.15) is 11.6 Å². The molecule has 86 valence electrons. The first-order chi connectivity index (χ1) is 7.86. The molecular formula is C13H19N3. The van der Waals surface area contributed by atoms with Gasteiger partial charge in [-0.3, -0.25) is 0 Å². The number of nitrogens with one attached hydrogen (secondary N) is 1. The zero-order valence-electron chi connectivity index (χ0n) is 9.82. The molecule has 3 rings (SSSR count). The second-order valence-corrected chi connectivity index (χ2v) is 4.99. The van der Waals surface area contributed by atoms with Crippen LogP contribution in [0.1, 0.15) is 19.3 Å². The zero-order chi connectivity index (χ0) is 11.0. The highest BCUT2D eigenvalue weighted by molar-refractivity contribution is 5.47. The Labute approximate surface area is 96.9 Å². The van der Waals surface area contributed by atoms with E-state index < -0.39 is 0 Å². The van der Waals surface area contributed by atoms with Gasteiger partial charge in [-0.15, -0.1) is 0 Å². The molecule has 2 fully saturated rings. The van der Waals surface area contributed by atoms with Crippen molar-refractivity contribution < 1.29 is 0 Å². The van der Waals surface area contributed by atoms with Crippen molar-refractivity contribution in [2.45, 2.75) is 19.3 Å². The Kier molecular flexibility index (Phi) is 2.46. The minimum absolute atomic E-state index is 0.931. The van der Waals surface area contributed by atoms with E-state index in [1.165, 1.54) is 32.4 Å². The van der Waals surface area contributed by atoms with E-state index in [0.29, 0.717) is 0 Å². The number of pyridine rings is 1. The van der Waals surface area contributed by atoms with Gasteiger partial charge in [-0.25, -0.2) is 4.98 Å². The van der Waals surface area contributed by atoms with Crippen LogP contribution >= 0.6 is 0 Å². The van der Waals surface area contributed by atoms with Crippen molar-refractivity contribution in [1.82, 2.24) is 4.98 Å². The van der Waals surface area contributed by atoms with Crippen LogP contribution in [-0.4, -0.2) is 25.1 Å². The van der Waals surface area contributed by atoms with Gasteiger partial charge in [-0.2, -0.15) is 0 Å². The van der Waals surface area contributed by atoms with Crippen LogP contribution in [0.2, 0.25) is 0 Å². The van der Waals surface area contributed by atoms with Crippen LogP contribution in [0.4, 0.5) is 11.6 Å². The summed E-state index contributed by atoms with van der Waals surface area (Å²) in [4.78, 5) is 7.07. The maximum absolute atomic E-state index is 4.62. The normalized spacial score (nSPS) is 28.2. The van der Waals surface area contributed by atoms with E-state index in [1.54, 1.807) is 0 Å². The summed E-state index contributed by atoms with van der Waals surface area (Å²) in [5.41, 5.74) is 0. The molecule has 0 aromatic carbocycles. The highest BCUT2D eigenvalue weighted by atomic mass is 15.2. The fraction of sp³-hybridized carbons (Fsp3) is 0.615. The van der Waals surface area contributed by atoms with Crippen molar-refractivity contribution in [1.29, 1.82) is 0 Å². The van der Waals surface area contributed by atoms with Gasteiger partial charge in [0, 0.05) is 20.1 Å². The molecule has 16 heavy (non-hydrogen) atoms. The average Bonchev–Trinajstić information content (AvgIpc) is 2.89. The Balaban J connectivity index is 1.78. The van der Waals surface area contributed by atoms with Gasteiger partial charge in [0.2, 0.25) is 0 Å². The number of nitrogens with zero attached hydrogens (tertiary/aromatic N) is 2. The van der Waals surface area contributed by atoms with E-state index in [4.69, 9.17) is 0 Å². The Morgan fingerprint density at radius 1 is 1.25 bits per heavy atom. The number of anilines is 2. The number of hydrogen-bond acceptors (Lipinski definition) is 3. The molecule has 2 atom stereocenters. The van der Waals surface area contributed by atoms with E-state index in [2.05, 4.69) is 27.3 Å². The maximum atomic E-state index is 4.62. The summed E-state index contributed by atoms with van der Waals surface area (Å²) in [6.07, 6.45) is 4.28. The summed E-state index contributed by atoms with van der Waals surface area (Å²) < 4.78 is 0. The number of rotatable bonds is 2. The monoisotopic (exact) mass is 217 g/mol.